The van der Waals surface area contributed by atoms with Crippen LogP contribution in [0.4, 0.5) is 10.5 Å². The Morgan fingerprint density at radius 3 is 2.96 bits per heavy atom. The summed E-state index contributed by atoms with van der Waals surface area (Å²) in [5.74, 6) is 0. The number of nitrogens with one attached hydrogen (secondary N) is 1. The molecule has 1 unspecified atom stereocenters. The van der Waals surface area contributed by atoms with Crippen molar-refractivity contribution in [1.82, 2.24) is 5.32 Å². The Kier molecular flexibility index (Phi) is 3.41. The van der Waals surface area contributed by atoms with E-state index < -0.39 is 6.09 Å². The number of carbonyl (C=O) groups is 1. The van der Waals surface area contributed by atoms with E-state index in [1.165, 1.54) is 0 Å². The van der Waals surface area contributed by atoms with Crippen molar-refractivity contribution in [3.8, 4) is 11.1 Å². The summed E-state index contributed by atoms with van der Waals surface area (Å²) in [5.41, 5.74) is 5.06. The lowest BCUT2D eigenvalue weighted by molar-refractivity contribution is 0.189. The van der Waals surface area contributed by atoms with Gasteiger partial charge in [0.15, 0.2) is 0 Å². The monoisotopic (exact) mass is 322 g/mol. The quantitative estimate of drug-likeness (QED) is 0.740. The van der Waals surface area contributed by atoms with Crippen molar-refractivity contribution in [3.05, 3.63) is 54.3 Å². The van der Waals surface area contributed by atoms with E-state index in [2.05, 4.69) is 16.3 Å². The van der Waals surface area contributed by atoms with E-state index >= 15 is 0 Å². The van der Waals surface area contributed by atoms with Crippen LogP contribution in [0.1, 0.15) is 18.0 Å². The molecule has 0 radical (unpaired) electrons. The third kappa shape index (κ3) is 2.38. The van der Waals surface area contributed by atoms with E-state index in [1.807, 2.05) is 43.4 Å². The molecule has 1 atom stereocenters. The number of fused-ring (bicyclic) bond motifs is 2. The number of anilines is 1. The average Bonchev–Trinajstić information content (AvgIpc) is 3.01. The minimum atomic E-state index is -0.986. The Morgan fingerprint density at radius 2 is 2.12 bits per heavy atom. The zero-order valence-electron chi connectivity index (χ0n) is 13.3. The minimum absolute atomic E-state index is 0.163. The number of para-hydroxylation sites is 1. The molecule has 2 aromatic carbocycles. The van der Waals surface area contributed by atoms with E-state index in [4.69, 9.17) is 9.52 Å². The first-order chi connectivity index (χ1) is 11.6. The maximum Gasteiger partial charge on any atom is 0.405 e. The summed E-state index contributed by atoms with van der Waals surface area (Å²) in [7, 11) is 2.03. The first-order valence-corrected chi connectivity index (χ1v) is 7.94. The third-order valence-corrected chi connectivity index (χ3v) is 4.66. The molecule has 2 heterocycles. The molecule has 2 N–H and O–H groups in total. The van der Waals surface area contributed by atoms with Gasteiger partial charge in [-0.05, 0) is 29.7 Å². The van der Waals surface area contributed by atoms with E-state index in [0.29, 0.717) is 0 Å². The first kappa shape index (κ1) is 14.6. The molecule has 5 nitrogen and oxygen atoms in total. The molecule has 1 aliphatic rings. The number of hydrogen-bond acceptors (Lipinski definition) is 3. The van der Waals surface area contributed by atoms with Gasteiger partial charge in [0.2, 0.25) is 0 Å². The molecule has 0 spiro atoms. The fraction of sp³-hybridized carbons (Fsp3) is 0.211. The van der Waals surface area contributed by atoms with Crippen LogP contribution in [0.3, 0.4) is 0 Å². The van der Waals surface area contributed by atoms with Gasteiger partial charge in [0, 0.05) is 30.2 Å². The average molecular weight is 322 g/mol. The zero-order valence-corrected chi connectivity index (χ0v) is 13.3. The van der Waals surface area contributed by atoms with Crippen molar-refractivity contribution in [3.63, 3.8) is 0 Å². The summed E-state index contributed by atoms with van der Waals surface area (Å²) >= 11 is 0. The molecule has 0 saturated carbocycles. The Bertz CT molecular complexity index is 916. The highest BCUT2D eigenvalue weighted by molar-refractivity contribution is 5.94. The molecule has 3 aromatic rings. The van der Waals surface area contributed by atoms with Gasteiger partial charge in [0.1, 0.15) is 5.58 Å². The second-order valence-electron chi connectivity index (χ2n) is 6.13. The summed E-state index contributed by atoms with van der Waals surface area (Å²) in [4.78, 5) is 13.2. The van der Waals surface area contributed by atoms with Crippen molar-refractivity contribution in [1.29, 1.82) is 0 Å². The molecule has 0 aliphatic carbocycles. The van der Waals surface area contributed by atoms with Crippen LogP contribution < -0.4 is 10.2 Å². The molecule has 0 fully saturated rings. The van der Waals surface area contributed by atoms with Crippen LogP contribution in [0.5, 0.6) is 0 Å². The number of hydrogen-bond donors (Lipinski definition) is 2. The van der Waals surface area contributed by atoms with Crippen molar-refractivity contribution in [2.75, 3.05) is 18.5 Å². The molecular weight excluding hydrogens is 304 g/mol. The van der Waals surface area contributed by atoms with E-state index in [-0.39, 0.29) is 6.04 Å². The second-order valence-corrected chi connectivity index (χ2v) is 6.13. The van der Waals surface area contributed by atoms with Gasteiger partial charge >= 0.3 is 6.09 Å². The van der Waals surface area contributed by atoms with E-state index in [9.17, 15) is 4.79 Å². The molecule has 24 heavy (non-hydrogen) atoms. The number of benzene rings is 2. The molecule has 0 saturated heterocycles. The van der Waals surface area contributed by atoms with Crippen molar-refractivity contribution >= 4 is 22.7 Å². The molecule has 1 amide bonds. The summed E-state index contributed by atoms with van der Waals surface area (Å²) < 4.78 is 5.64. The van der Waals surface area contributed by atoms with Crippen molar-refractivity contribution in [2.24, 2.45) is 0 Å². The number of rotatable bonds is 2. The van der Waals surface area contributed by atoms with Crippen LogP contribution in [0.2, 0.25) is 0 Å². The molecule has 0 bridgehead atoms. The highest BCUT2D eigenvalue weighted by Gasteiger charge is 2.25. The Labute approximate surface area is 139 Å². The Morgan fingerprint density at radius 1 is 1.29 bits per heavy atom. The maximum atomic E-state index is 11.0. The van der Waals surface area contributed by atoms with Gasteiger partial charge in [0.25, 0.3) is 0 Å². The van der Waals surface area contributed by atoms with Crippen LogP contribution in [0.15, 0.2) is 53.1 Å². The summed E-state index contributed by atoms with van der Waals surface area (Å²) in [6.45, 7) is 0.813. The zero-order chi connectivity index (χ0) is 16.7. The van der Waals surface area contributed by atoms with Crippen molar-refractivity contribution < 1.29 is 14.3 Å². The summed E-state index contributed by atoms with van der Waals surface area (Å²) in [6, 6.07) is 14.0. The lowest BCUT2D eigenvalue weighted by atomic mass is 9.93. The van der Waals surface area contributed by atoms with Crippen LogP contribution in [-0.4, -0.2) is 24.8 Å². The second kappa shape index (κ2) is 5.60. The predicted octanol–water partition coefficient (Wildman–Crippen LogP) is 4.25. The van der Waals surface area contributed by atoms with Crippen LogP contribution in [-0.2, 0) is 0 Å². The number of furan rings is 1. The van der Waals surface area contributed by atoms with Gasteiger partial charge in [-0.3, -0.25) is 0 Å². The topological polar surface area (TPSA) is 65.7 Å². The fourth-order valence-corrected chi connectivity index (χ4v) is 3.44. The van der Waals surface area contributed by atoms with Gasteiger partial charge in [-0.1, -0.05) is 30.3 Å². The minimum Gasteiger partial charge on any atom is -0.465 e. The van der Waals surface area contributed by atoms with Crippen LogP contribution in [0, 0.1) is 0 Å². The highest BCUT2D eigenvalue weighted by atomic mass is 16.4. The number of nitrogens with zero attached hydrogens (tertiary/aromatic N) is 1. The largest absolute Gasteiger partial charge is 0.465 e. The molecular formula is C19H18N2O3. The first-order valence-electron chi connectivity index (χ1n) is 7.94. The van der Waals surface area contributed by atoms with Gasteiger partial charge in [-0.2, -0.15) is 0 Å². The van der Waals surface area contributed by atoms with Gasteiger partial charge in [-0.15, -0.1) is 0 Å². The van der Waals surface area contributed by atoms with Gasteiger partial charge in [0.05, 0.1) is 12.3 Å². The Hall–Kier alpha value is -2.95. The highest BCUT2D eigenvalue weighted by Crippen LogP contribution is 2.38. The third-order valence-electron chi connectivity index (χ3n) is 4.66. The number of carboxylic acid groups (broad SMARTS) is 1. The molecule has 5 heteroatoms. The lowest BCUT2D eigenvalue weighted by Crippen LogP contribution is -2.35. The molecule has 4 rings (SSSR count). The van der Waals surface area contributed by atoms with Gasteiger partial charge in [-0.25, -0.2) is 4.79 Å². The smallest absolute Gasteiger partial charge is 0.405 e. The van der Waals surface area contributed by atoms with Crippen LogP contribution in [0.25, 0.3) is 22.1 Å². The maximum absolute atomic E-state index is 11.0. The number of amides is 1. The van der Waals surface area contributed by atoms with E-state index in [1.54, 1.807) is 6.26 Å². The molecule has 1 aromatic heterocycles. The van der Waals surface area contributed by atoms with Crippen molar-refractivity contribution in [2.45, 2.75) is 12.5 Å². The van der Waals surface area contributed by atoms with Crippen LogP contribution >= 0.6 is 0 Å². The lowest BCUT2D eigenvalue weighted by Gasteiger charge is -2.33. The molecule has 122 valence electrons. The van der Waals surface area contributed by atoms with E-state index in [0.717, 1.165) is 46.3 Å². The predicted molar refractivity (Wildman–Crippen MR) is 93.4 cm³/mol. The normalized spacial score (nSPS) is 16.9. The van der Waals surface area contributed by atoms with Gasteiger partial charge < -0.3 is 19.7 Å². The standard InChI is InChI=1S/C19H18N2O3/c1-21-9-8-16(20-19(22)23)14-7-6-12(10-17(14)21)15-11-24-18-5-3-2-4-13(15)18/h2-7,10-11,16,20H,8-9H2,1H3,(H,22,23). The summed E-state index contributed by atoms with van der Waals surface area (Å²) in [5, 5.41) is 12.7. The SMILES string of the molecule is CN1CCC(NC(=O)O)c2ccc(-c3coc4ccccc34)cc21. The summed E-state index contributed by atoms with van der Waals surface area (Å²) in [6.07, 6.45) is 1.56. The Balaban J connectivity index is 1.80. The molecule has 1 aliphatic heterocycles. The fourth-order valence-electron chi connectivity index (χ4n) is 3.44.